The lowest BCUT2D eigenvalue weighted by Crippen LogP contribution is -2.73. The minimum Gasteiger partial charge on any atom is -0.374 e. The van der Waals surface area contributed by atoms with E-state index in [-0.39, 0.29) is 48.0 Å². The maximum Gasteiger partial charge on any atom is 0.259 e. The zero-order valence-electron chi connectivity index (χ0n) is 26.3. The SMILES string of the molecule is CN(C)CCCCNC1C(F)CC2C(=O)C(C(=O)N3CCN(C)CC3)=CN3C4CC5OC6CCCCC6C5CC4OC1C23. The summed E-state index contributed by atoms with van der Waals surface area (Å²) in [6, 6.07) is -0.685. The molecule has 0 aromatic heterocycles. The van der Waals surface area contributed by atoms with Crippen molar-refractivity contribution in [1.29, 1.82) is 0 Å². The largest absolute Gasteiger partial charge is 0.374 e. The van der Waals surface area contributed by atoms with Crippen molar-refractivity contribution in [2.75, 3.05) is 60.4 Å². The molecule has 1 N–H and O–H groups in total. The number of nitrogens with one attached hydrogen (secondary N) is 1. The van der Waals surface area contributed by atoms with Crippen molar-refractivity contribution < 1.29 is 23.5 Å². The molecule has 11 unspecified atom stereocenters. The van der Waals surface area contributed by atoms with Gasteiger partial charge in [-0.05, 0) is 91.0 Å². The number of carbonyl (C=O) groups excluding carboxylic acids is 2. The quantitative estimate of drug-likeness (QED) is 0.351. The Kier molecular flexibility index (Phi) is 8.61. The van der Waals surface area contributed by atoms with Gasteiger partial charge in [0, 0.05) is 38.3 Å². The monoisotopic (exact) mass is 601 g/mol. The third-order valence-electron chi connectivity index (χ3n) is 11.9. The van der Waals surface area contributed by atoms with Crippen molar-refractivity contribution in [3.63, 3.8) is 0 Å². The molecule has 4 heterocycles. The highest BCUT2D eigenvalue weighted by molar-refractivity contribution is 6.20. The first kappa shape index (κ1) is 30.1. The number of unbranched alkanes of at least 4 members (excludes halogenated alkanes) is 1. The van der Waals surface area contributed by atoms with Crippen LogP contribution in [0.15, 0.2) is 11.8 Å². The van der Waals surface area contributed by atoms with Gasteiger partial charge in [0.15, 0.2) is 5.78 Å². The molecule has 1 amide bonds. The van der Waals surface area contributed by atoms with Crippen molar-refractivity contribution in [3.8, 4) is 0 Å². The molecule has 7 aliphatic rings. The van der Waals surface area contributed by atoms with Crippen LogP contribution in [0.4, 0.5) is 4.39 Å². The van der Waals surface area contributed by atoms with Gasteiger partial charge in [-0.3, -0.25) is 9.59 Å². The summed E-state index contributed by atoms with van der Waals surface area (Å²) in [5.74, 6) is 0.107. The molecule has 43 heavy (non-hydrogen) atoms. The van der Waals surface area contributed by atoms with E-state index in [0.29, 0.717) is 31.0 Å². The predicted molar refractivity (Wildman–Crippen MR) is 161 cm³/mol. The number of likely N-dealkylation sites (N-methyl/N-ethyl adjacent to an activating group) is 1. The Labute approximate surface area is 256 Å². The number of fused-ring (bicyclic) bond motifs is 5. The van der Waals surface area contributed by atoms with Crippen LogP contribution < -0.4 is 5.32 Å². The summed E-state index contributed by atoms with van der Waals surface area (Å²) in [4.78, 5) is 36.4. The van der Waals surface area contributed by atoms with Crippen LogP contribution >= 0.6 is 0 Å². The summed E-state index contributed by atoms with van der Waals surface area (Å²) < 4.78 is 29.8. The van der Waals surface area contributed by atoms with E-state index in [2.05, 4.69) is 41.2 Å². The lowest BCUT2D eigenvalue weighted by molar-refractivity contribution is -0.209. The molecule has 3 aliphatic carbocycles. The molecular formula is C33H52FN5O4. The van der Waals surface area contributed by atoms with E-state index in [4.69, 9.17) is 9.47 Å². The normalized spacial score (nSPS) is 42.7. The Bertz CT molecular complexity index is 1080. The molecule has 0 radical (unpaired) electrons. The standard InChI is InChI=1S/C33H52FN5O4/c1-36(2)11-7-6-10-35-29-24(34)16-22-30-32(29)43-28-17-21-20-8-4-5-9-26(20)42-27(21)18-25(28)39(30)19-23(31(22)40)33(41)38-14-12-37(3)13-15-38/h19-22,24-30,32,35H,4-18H2,1-3H3. The van der Waals surface area contributed by atoms with Crippen LogP contribution in [0, 0.1) is 17.8 Å². The second-order valence-corrected chi connectivity index (χ2v) is 14.8. The number of ether oxygens (including phenoxy) is 2. The number of Topliss-reactive ketones (excluding diaryl/α,β-unsaturated/α-hetero) is 1. The van der Waals surface area contributed by atoms with E-state index in [0.717, 1.165) is 58.3 Å². The van der Waals surface area contributed by atoms with Crippen molar-refractivity contribution in [3.05, 3.63) is 11.8 Å². The first-order chi connectivity index (χ1) is 20.8. The van der Waals surface area contributed by atoms with E-state index >= 15 is 4.39 Å². The number of alkyl halides is 1. The number of carbonyl (C=O) groups is 2. The second-order valence-electron chi connectivity index (χ2n) is 14.8. The van der Waals surface area contributed by atoms with Gasteiger partial charge in [-0.2, -0.15) is 0 Å². The number of rotatable bonds is 7. The molecule has 11 atom stereocenters. The average molecular weight is 602 g/mol. The van der Waals surface area contributed by atoms with E-state index in [1.807, 2.05) is 11.1 Å². The van der Waals surface area contributed by atoms with Gasteiger partial charge in [0.2, 0.25) is 0 Å². The molecule has 4 aliphatic heterocycles. The highest BCUT2D eigenvalue weighted by Gasteiger charge is 2.61. The molecule has 9 nitrogen and oxygen atoms in total. The van der Waals surface area contributed by atoms with Crippen molar-refractivity contribution >= 4 is 11.7 Å². The fourth-order valence-corrected chi connectivity index (χ4v) is 9.62. The first-order valence-corrected chi connectivity index (χ1v) is 17.1. The smallest absolute Gasteiger partial charge is 0.259 e. The Morgan fingerprint density at radius 2 is 1.79 bits per heavy atom. The summed E-state index contributed by atoms with van der Waals surface area (Å²) >= 11 is 0. The number of piperazine rings is 1. The number of ketones is 1. The van der Waals surface area contributed by atoms with Gasteiger partial charge in [0.1, 0.15) is 6.17 Å². The van der Waals surface area contributed by atoms with Crippen LogP contribution in [0.1, 0.15) is 57.8 Å². The number of hydrogen-bond acceptors (Lipinski definition) is 8. The third kappa shape index (κ3) is 5.58. The van der Waals surface area contributed by atoms with Crippen LogP contribution in [0.3, 0.4) is 0 Å². The summed E-state index contributed by atoms with van der Waals surface area (Å²) in [6.45, 7) is 4.53. The van der Waals surface area contributed by atoms with Crippen LogP contribution in [-0.4, -0.2) is 140 Å². The van der Waals surface area contributed by atoms with Gasteiger partial charge in [-0.1, -0.05) is 12.8 Å². The fraction of sp³-hybridized carbons (Fsp3) is 0.879. The van der Waals surface area contributed by atoms with Crippen LogP contribution in [-0.2, 0) is 19.1 Å². The molecule has 10 heteroatoms. The fourth-order valence-electron chi connectivity index (χ4n) is 9.62. The molecule has 0 bridgehead atoms. The summed E-state index contributed by atoms with van der Waals surface area (Å²) in [5, 5.41) is 3.54. The molecule has 240 valence electrons. The summed E-state index contributed by atoms with van der Waals surface area (Å²) in [5.41, 5.74) is 0.246. The average Bonchev–Trinajstić information content (AvgIpc) is 3.35. The zero-order valence-corrected chi connectivity index (χ0v) is 26.3. The summed E-state index contributed by atoms with van der Waals surface area (Å²) in [7, 11) is 6.20. The van der Waals surface area contributed by atoms with Gasteiger partial charge < -0.3 is 34.4 Å². The molecule has 6 fully saturated rings. The molecular weight excluding hydrogens is 549 g/mol. The van der Waals surface area contributed by atoms with E-state index < -0.39 is 24.2 Å². The molecule has 7 rings (SSSR count). The highest BCUT2D eigenvalue weighted by Crippen LogP contribution is 2.52. The molecule has 3 saturated heterocycles. The second kappa shape index (κ2) is 12.3. The highest BCUT2D eigenvalue weighted by atomic mass is 19.1. The number of amides is 1. The lowest BCUT2D eigenvalue weighted by atomic mass is 9.67. The summed E-state index contributed by atoms with van der Waals surface area (Å²) in [6.07, 6.45) is 9.52. The number of nitrogens with zero attached hydrogens (tertiary/aromatic N) is 4. The van der Waals surface area contributed by atoms with E-state index in [1.165, 1.54) is 19.3 Å². The van der Waals surface area contributed by atoms with Gasteiger partial charge in [-0.25, -0.2) is 4.39 Å². The van der Waals surface area contributed by atoms with E-state index in [9.17, 15) is 9.59 Å². The maximum absolute atomic E-state index is 16.1. The van der Waals surface area contributed by atoms with Crippen LogP contribution in [0.25, 0.3) is 0 Å². The third-order valence-corrected chi connectivity index (χ3v) is 11.9. The predicted octanol–water partition coefficient (Wildman–Crippen LogP) is 2.06. The number of morpholine rings is 1. The Balaban J connectivity index is 1.17. The molecule has 0 aromatic rings. The Morgan fingerprint density at radius 3 is 2.58 bits per heavy atom. The number of halogens is 1. The minimum absolute atomic E-state index is 0.0328. The first-order valence-electron chi connectivity index (χ1n) is 17.1. The van der Waals surface area contributed by atoms with Crippen molar-refractivity contribution in [2.45, 2.75) is 107 Å². The van der Waals surface area contributed by atoms with Gasteiger partial charge >= 0.3 is 0 Å². The van der Waals surface area contributed by atoms with Crippen molar-refractivity contribution in [2.24, 2.45) is 17.8 Å². The van der Waals surface area contributed by atoms with Crippen LogP contribution in [0.5, 0.6) is 0 Å². The number of hydrogen-bond donors (Lipinski definition) is 1. The van der Waals surface area contributed by atoms with Gasteiger partial charge in [-0.15, -0.1) is 0 Å². The maximum atomic E-state index is 16.1. The Hall–Kier alpha value is -1.59. The zero-order chi connectivity index (χ0) is 29.8. The van der Waals surface area contributed by atoms with Crippen LogP contribution in [0.2, 0.25) is 0 Å². The molecule has 0 spiro atoms. The van der Waals surface area contributed by atoms with Gasteiger partial charge in [0.25, 0.3) is 5.91 Å². The molecule has 3 saturated carbocycles. The minimum atomic E-state index is -1.20. The molecule has 0 aromatic carbocycles. The lowest BCUT2D eigenvalue weighted by Gasteiger charge is -2.60. The van der Waals surface area contributed by atoms with Crippen molar-refractivity contribution in [1.82, 2.24) is 24.9 Å². The Morgan fingerprint density at radius 1 is 1.00 bits per heavy atom. The van der Waals surface area contributed by atoms with Gasteiger partial charge in [0.05, 0.1) is 48.1 Å². The van der Waals surface area contributed by atoms with E-state index in [1.54, 1.807) is 0 Å². The topological polar surface area (TPSA) is 77.6 Å².